The van der Waals surface area contributed by atoms with Gasteiger partial charge in [-0.2, -0.15) is 12.6 Å². The summed E-state index contributed by atoms with van der Waals surface area (Å²) in [6.45, 7) is 7.32. The van der Waals surface area contributed by atoms with E-state index in [0.29, 0.717) is 36.1 Å². The molecule has 58 heavy (non-hydrogen) atoms. The number of carbonyl (C=O) groups excluding carboxylic acids is 4. The number of phenolic OH excluding ortho intramolecular Hbond substituents is 1. The molecule has 13 nitrogen and oxygen atoms in total. The van der Waals surface area contributed by atoms with Crippen molar-refractivity contribution in [3.8, 4) is 5.75 Å². The van der Waals surface area contributed by atoms with Crippen LogP contribution in [0.5, 0.6) is 5.75 Å². The van der Waals surface area contributed by atoms with E-state index >= 15 is 0 Å². The number of thiazole rings is 1. The normalized spacial score (nSPS) is 22.6. The van der Waals surface area contributed by atoms with Gasteiger partial charge in [0, 0.05) is 99.8 Å². The molecule has 3 unspecified atom stereocenters. The molecule has 6 heterocycles. The van der Waals surface area contributed by atoms with Crippen molar-refractivity contribution >= 4 is 58.4 Å². The van der Waals surface area contributed by atoms with Crippen LogP contribution in [0.25, 0.3) is 0 Å². The maximum atomic E-state index is 14.4. The minimum Gasteiger partial charge on any atom is -0.508 e. The van der Waals surface area contributed by atoms with Crippen LogP contribution < -0.4 is 15.5 Å². The highest BCUT2D eigenvalue weighted by atomic mass is 32.1. The molecule has 3 aromatic carbocycles. The summed E-state index contributed by atoms with van der Waals surface area (Å²) in [5.41, 5.74) is 5.81. The molecule has 4 amide bonds. The largest absolute Gasteiger partial charge is 0.508 e. The van der Waals surface area contributed by atoms with Crippen LogP contribution in [0.3, 0.4) is 0 Å². The number of nitrogens with zero attached hydrogens (tertiary/aromatic N) is 6. The SMILES string of the molecule is O=C1CCC(N2Cc3cc(CN4CCN(C5CCN(c6ccc7c(c6)C(=O)N(C(C(=O)Nc6nccs6)c6cc(F)ccc6O)C7)CC5)CC4)ccc3C2S)C(=O)N1. The Balaban J connectivity index is 0.789. The maximum absolute atomic E-state index is 14.4. The molecule has 4 aromatic rings. The quantitative estimate of drug-likeness (QED) is 0.139. The van der Waals surface area contributed by atoms with Crippen LogP contribution in [0.4, 0.5) is 15.2 Å². The fraction of sp³-hybridized carbons (Fsp3) is 0.405. The van der Waals surface area contributed by atoms with E-state index in [2.05, 4.69) is 53.4 Å². The number of hydrogen-bond donors (Lipinski definition) is 4. The number of piperidine rings is 2. The number of benzene rings is 3. The van der Waals surface area contributed by atoms with Crippen LogP contribution in [0.2, 0.25) is 0 Å². The average molecular weight is 825 g/mol. The zero-order valence-corrected chi connectivity index (χ0v) is 33.6. The molecule has 16 heteroatoms. The summed E-state index contributed by atoms with van der Waals surface area (Å²) in [6.07, 6.45) is 4.44. The van der Waals surface area contributed by atoms with Crippen molar-refractivity contribution < 1.29 is 28.7 Å². The molecule has 5 aliphatic rings. The number of aromatic nitrogens is 1. The molecule has 3 saturated heterocycles. The molecule has 3 N–H and O–H groups in total. The van der Waals surface area contributed by atoms with Gasteiger partial charge in [0.15, 0.2) is 5.13 Å². The molecular weight excluding hydrogens is 780 g/mol. The van der Waals surface area contributed by atoms with E-state index < -0.39 is 17.8 Å². The third-order valence-electron chi connectivity index (χ3n) is 12.4. The van der Waals surface area contributed by atoms with Crippen molar-refractivity contribution in [2.45, 2.75) is 68.8 Å². The maximum Gasteiger partial charge on any atom is 0.255 e. The van der Waals surface area contributed by atoms with Crippen molar-refractivity contribution in [1.82, 2.24) is 29.9 Å². The summed E-state index contributed by atoms with van der Waals surface area (Å²) in [6, 6.07) is 14.7. The molecule has 302 valence electrons. The first-order valence-corrected chi connectivity index (χ1v) is 21.2. The number of halogens is 1. The lowest BCUT2D eigenvalue weighted by Crippen LogP contribution is -2.53. The number of imide groups is 1. The highest BCUT2D eigenvalue weighted by molar-refractivity contribution is 7.80. The standard InChI is InChI=1S/C42H45FN8O5S2/c43-28-3-7-35(52)33(20-28)37(39(55)46-42-44-11-18-58-42)51-23-26-2-4-30(21-32(26)40(51)56)48-12-9-29(10-13-48)49-16-14-47(15-17-49)22-25-1-5-31-27(19-25)24-50(41(31)57)34-6-8-36(53)45-38(34)54/h1-5,7,11,18-21,29,34,37,41,52,57H,6,8-10,12-17,22-24H2,(H,44,46,55)(H,45,53,54). The summed E-state index contributed by atoms with van der Waals surface area (Å²) < 4.78 is 14.4. The minimum atomic E-state index is -1.27. The topological polar surface area (TPSA) is 142 Å². The number of aromatic hydroxyl groups is 1. The molecule has 0 radical (unpaired) electrons. The number of nitrogens with one attached hydrogen (secondary N) is 2. The third kappa shape index (κ3) is 7.59. The van der Waals surface area contributed by atoms with E-state index in [0.717, 1.165) is 87.6 Å². The molecule has 3 atom stereocenters. The van der Waals surface area contributed by atoms with Gasteiger partial charge < -0.3 is 14.9 Å². The second-order valence-electron chi connectivity index (χ2n) is 15.8. The van der Waals surface area contributed by atoms with Crippen molar-refractivity contribution in [1.29, 1.82) is 0 Å². The minimum absolute atomic E-state index is 0.00796. The predicted molar refractivity (Wildman–Crippen MR) is 220 cm³/mol. The number of thiol groups is 1. The fourth-order valence-corrected chi connectivity index (χ4v) is 10.3. The Morgan fingerprint density at radius 2 is 1.78 bits per heavy atom. The molecule has 5 aliphatic heterocycles. The molecule has 0 saturated carbocycles. The van der Waals surface area contributed by atoms with Gasteiger partial charge in [-0.25, -0.2) is 9.37 Å². The summed E-state index contributed by atoms with van der Waals surface area (Å²) in [7, 11) is 0. The van der Waals surface area contributed by atoms with Gasteiger partial charge in [0.25, 0.3) is 11.8 Å². The Bertz CT molecular complexity index is 2240. The second kappa shape index (κ2) is 16.1. The third-order valence-corrected chi connectivity index (χ3v) is 13.6. The van der Waals surface area contributed by atoms with Crippen molar-refractivity contribution in [2.24, 2.45) is 0 Å². The second-order valence-corrected chi connectivity index (χ2v) is 17.2. The van der Waals surface area contributed by atoms with Gasteiger partial charge in [-0.05, 0) is 71.8 Å². The first-order valence-electron chi connectivity index (χ1n) is 19.8. The van der Waals surface area contributed by atoms with Gasteiger partial charge in [0.1, 0.15) is 17.6 Å². The van der Waals surface area contributed by atoms with E-state index in [1.54, 1.807) is 11.6 Å². The van der Waals surface area contributed by atoms with Crippen molar-refractivity contribution in [2.75, 3.05) is 49.5 Å². The zero-order valence-electron chi connectivity index (χ0n) is 31.8. The Kier molecular flexibility index (Phi) is 10.7. The van der Waals surface area contributed by atoms with Gasteiger partial charge in [-0.1, -0.05) is 24.3 Å². The first kappa shape index (κ1) is 38.6. The van der Waals surface area contributed by atoms with Crippen LogP contribution >= 0.6 is 24.0 Å². The molecular formula is C42H45FN8O5S2. The summed E-state index contributed by atoms with van der Waals surface area (Å²) in [4.78, 5) is 66.9. The van der Waals surface area contributed by atoms with E-state index in [9.17, 15) is 28.7 Å². The smallest absolute Gasteiger partial charge is 0.255 e. The van der Waals surface area contributed by atoms with E-state index in [-0.39, 0.29) is 47.0 Å². The van der Waals surface area contributed by atoms with Gasteiger partial charge in [-0.3, -0.25) is 44.5 Å². The zero-order chi connectivity index (χ0) is 40.1. The number of hydrogen-bond acceptors (Lipinski definition) is 12. The van der Waals surface area contributed by atoms with Gasteiger partial charge in [0.05, 0.1) is 11.4 Å². The molecule has 9 rings (SSSR count). The van der Waals surface area contributed by atoms with Crippen molar-refractivity contribution in [3.05, 3.63) is 105 Å². The molecule has 0 spiro atoms. The van der Waals surface area contributed by atoms with Crippen LogP contribution in [0, 0.1) is 5.82 Å². The van der Waals surface area contributed by atoms with E-state index in [4.69, 9.17) is 12.6 Å². The first-order chi connectivity index (χ1) is 28.1. The van der Waals surface area contributed by atoms with Crippen LogP contribution in [0.15, 0.2) is 66.2 Å². The highest BCUT2D eigenvalue weighted by Crippen LogP contribution is 2.41. The number of carbonyl (C=O) groups is 4. The van der Waals surface area contributed by atoms with Crippen LogP contribution in [0.1, 0.15) is 75.3 Å². The Morgan fingerprint density at radius 3 is 2.53 bits per heavy atom. The number of rotatable bonds is 9. The van der Waals surface area contributed by atoms with E-state index in [1.165, 1.54) is 33.4 Å². The lowest BCUT2D eigenvalue weighted by Gasteiger charge is -2.43. The van der Waals surface area contributed by atoms with Crippen LogP contribution in [-0.2, 0) is 34.0 Å². The summed E-state index contributed by atoms with van der Waals surface area (Å²) >= 11 is 6.07. The number of phenols is 1. The Labute approximate surface area is 345 Å². The summed E-state index contributed by atoms with van der Waals surface area (Å²) in [5, 5.41) is 17.8. The molecule has 1 aromatic heterocycles. The lowest BCUT2D eigenvalue weighted by molar-refractivity contribution is -0.137. The van der Waals surface area contributed by atoms with Crippen molar-refractivity contribution in [3.63, 3.8) is 0 Å². The fourth-order valence-electron chi connectivity index (χ4n) is 9.29. The number of amides is 4. The van der Waals surface area contributed by atoms with E-state index in [1.807, 2.05) is 18.2 Å². The summed E-state index contributed by atoms with van der Waals surface area (Å²) in [5.74, 6) is -2.28. The lowest BCUT2D eigenvalue weighted by atomic mass is 10.0. The molecule has 3 fully saturated rings. The average Bonchev–Trinajstić information content (AvgIpc) is 3.94. The predicted octanol–water partition coefficient (Wildman–Crippen LogP) is 4.66. The van der Waals surface area contributed by atoms with Gasteiger partial charge in [-0.15, -0.1) is 11.3 Å². The van der Waals surface area contributed by atoms with Gasteiger partial charge in [0.2, 0.25) is 11.8 Å². The number of anilines is 2. The van der Waals surface area contributed by atoms with Gasteiger partial charge >= 0.3 is 0 Å². The molecule has 0 aliphatic carbocycles. The Hall–Kier alpha value is -4.87. The monoisotopic (exact) mass is 824 g/mol. The number of fused-ring (bicyclic) bond motifs is 2. The Morgan fingerprint density at radius 1 is 0.966 bits per heavy atom. The molecule has 0 bridgehead atoms. The highest BCUT2D eigenvalue weighted by Gasteiger charge is 2.41. The van der Waals surface area contributed by atoms with Crippen LogP contribution in [-0.4, -0.2) is 105 Å². The number of piperazine rings is 1.